The summed E-state index contributed by atoms with van der Waals surface area (Å²) in [5.74, 6) is 0.0521. The van der Waals surface area contributed by atoms with Crippen LogP contribution in [0, 0.1) is 0 Å². The van der Waals surface area contributed by atoms with Crippen molar-refractivity contribution in [3.8, 4) is 0 Å². The molecule has 0 radical (unpaired) electrons. The zero-order valence-corrected chi connectivity index (χ0v) is 6.55. The van der Waals surface area contributed by atoms with Crippen LogP contribution >= 0.6 is 0 Å². The molecule has 1 amide bonds. The van der Waals surface area contributed by atoms with Crippen molar-refractivity contribution in [1.82, 2.24) is 4.90 Å². The minimum atomic E-state index is 0.0521. The maximum Gasteiger partial charge on any atom is 0.246 e. The molecule has 0 aromatic heterocycles. The summed E-state index contributed by atoms with van der Waals surface area (Å²) >= 11 is 0. The molecule has 0 spiro atoms. The third-order valence-electron chi connectivity index (χ3n) is 2.12. The summed E-state index contributed by atoms with van der Waals surface area (Å²) < 4.78 is 0. The van der Waals surface area contributed by atoms with Gasteiger partial charge in [0.25, 0.3) is 0 Å². The van der Waals surface area contributed by atoms with Gasteiger partial charge in [-0.2, -0.15) is 0 Å². The van der Waals surface area contributed by atoms with Crippen LogP contribution < -0.4 is 0 Å². The summed E-state index contributed by atoms with van der Waals surface area (Å²) in [5, 5.41) is 0. The van der Waals surface area contributed by atoms with Crippen molar-refractivity contribution in [1.29, 1.82) is 0 Å². The van der Waals surface area contributed by atoms with E-state index in [1.165, 1.54) is 6.08 Å². The molecule has 0 N–H and O–H groups in total. The topological polar surface area (TPSA) is 20.3 Å². The third-order valence-corrected chi connectivity index (χ3v) is 2.12. The first-order valence-electron chi connectivity index (χ1n) is 3.52. The van der Waals surface area contributed by atoms with E-state index in [4.69, 9.17) is 0 Å². The molecule has 1 aliphatic heterocycles. The highest BCUT2D eigenvalue weighted by Gasteiger charge is 2.37. The third kappa shape index (κ3) is 0.939. The average Bonchev–Trinajstić information content (AvgIpc) is 1.86. The van der Waals surface area contributed by atoms with E-state index in [2.05, 4.69) is 20.4 Å². The van der Waals surface area contributed by atoms with Crippen molar-refractivity contribution >= 4 is 5.91 Å². The summed E-state index contributed by atoms with van der Waals surface area (Å²) in [6, 6.07) is 0. The maximum absolute atomic E-state index is 11.0. The number of nitrogens with zero attached hydrogens (tertiary/aromatic N) is 1. The van der Waals surface area contributed by atoms with Crippen LogP contribution in [-0.4, -0.2) is 22.9 Å². The van der Waals surface area contributed by atoms with Crippen LogP contribution in [0.2, 0.25) is 0 Å². The number of likely N-dealkylation sites (tertiary alicyclic amines) is 1. The molecule has 1 heterocycles. The van der Waals surface area contributed by atoms with Gasteiger partial charge in [0.05, 0.1) is 0 Å². The number of hydrogen-bond donors (Lipinski definition) is 0. The van der Waals surface area contributed by atoms with Gasteiger partial charge < -0.3 is 4.90 Å². The van der Waals surface area contributed by atoms with Crippen LogP contribution in [0.4, 0.5) is 0 Å². The lowest BCUT2D eigenvalue weighted by Gasteiger charge is -2.47. The van der Waals surface area contributed by atoms with Gasteiger partial charge in [0, 0.05) is 12.1 Å². The maximum atomic E-state index is 11.0. The normalized spacial score (nSPS) is 21.6. The number of carbonyl (C=O) groups is 1. The van der Waals surface area contributed by atoms with E-state index in [0.717, 1.165) is 13.0 Å². The second-order valence-corrected chi connectivity index (χ2v) is 3.26. The molecular weight excluding hydrogens is 126 g/mol. The van der Waals surface area contributed by atoms with E-state index in [0.29, 0.717) is 0 Å². The van der Waals surface area contributed by atoms with Crippen molar-refractivity contribution in [2.24, 2.45) is 0 Å². The Kier molecular flexibility index (Phi) is 1.55. The summed E-state index contributed by atoms with van der Waals surface area (Å²) in [6.45, 7) is 8.46. The first kappa shape index (κ1) is 7.32. The van der Waals surface area contributed by atoms with E-state index in [-0.39, 0.29) is 11.4 Å². The fourth-order valence-electron chi connectivity index (χ4n) is 1.19. The molecule has 1 saturated heterocycles. The highest BCUT2D eigenvalue weighted by molar-refractivity contribution is 5.88. The first-order valence-corrected chi connectivity index (χ1v) is 3.52. The van der Waals surface area contributed by atoms with Crippen molar-refractivity contribution in [2.75, 3.05) is 6.54 Å². The molecule has 0 atom stereocenters. The number of amides is 1. The van der Waals surface area contributed by atoms with Crippen molar-refractivity contribution in [3.05, 3.63) is 12.7 Å². The van der Waals surface area contributed by atoms with Gasteiger partial charge in [-0.15, -0.1) is 0 Å². The van der Waals surface area contributed by atoms with Crippen LogP contribution in [-0.2, 0) is 4.79 Å². The second-order valence-electron chi connectivity index (χ2n) is 3.26. The van der Waals surface area contributed by atoms with Crippen molar-refractivity contribution in [3.63, 3.8) is 0 Å². The molecule has 1 rings (SSSR count). The fraction of sp³-hybridized carbons (Fsp3) is 0.625. The zero-order chi connectivity index (χ0) is 7.78. The van der Waals surface area contributed by atoms with Gasteiger partial charge in [-0.25, -0.2) is 0 Å². The first-order chi connectivity index (χ1) is 4.58. The molecule has 0 aromatic carbocycles. The Morgan fingerprint density at radius 3 is 2.40 bits per heavy atom. The SMILES string of the molecule is C=CC(=O)N1CCC1(C)C. The summed E-state index contributed by atoms with van der Waals surface area (Å²) in [6.07, 6.45) is 2.48. The molecule has 0 saturated carbocycles. The Morgan fingerprint density at radius 2 is 2.30 bits per heavy atom. The molecule has 2 heteroatoms. The Bertz CT molecular complexity index is 172. The van der Waals surface area contributed by atoms with Gasteiger partial charge in [0.1, 0.15) is 0 Å². The lowest BCUT2D eigenvalue weighted by Crippen LogP contribution is -2.57. The predicted molar refractivity (Wildman–Crippen MR) is 40.6 cm³/mol. The van der Waals surface area contributed by atoms with E-state index >= 15 is 0 Å². The van der Waals surface area contributed by atoms with Gasteiger partial charge in [-0.3, -0.25) is 4.79 Å². The molecular formula is C8H13NO. The molecule has 1 fully saturated rings. The van der Waals surface area contributed by atoms with Crippen LogP contribution in [0.15, 0.2) is 12.7 Å². The number of hydrogen-bond acceptors (Lipinski definition) is 1. The molecule has 0 bridgehead atoms. The highest BCUT2D eigenvalue weighted by Crippen LogP contribution is 2.29. The molecule has 0 aliphatic carbocycles. The van der Waals surface area contributed by atoms with Crippen LogP contribution in [0.1, 0.15) is 20.3 Å². The zero-order valence-electron chi connectivity index (χ0n) is 6.55. The predicted octanol–water partition coefficient (Wildman–Crippen LogP) is 1.18. The van der Waals surface area contributed by atoms with Gasteiger partial charge in [-0.1, -0.05) is 6.58 Å². The minimum absolute atomic E-state index is 0.0521. The smallest absolute Gasteiger partial charge is 0.246 e. The summed E-state index contributed by atoms with van der Waals surface area (Å²) in [5.41, 5.74) is 0.0747. The lowest BCUT2D eigenvalue weighted by atomic mass is 9.89. The molecule has 2 nitrogen and oxygen atoms in total. The molecule has 0 aromatic rings. The van der Waals surface area contributed by atoms with Crippen LogP contribution in [0.5, 0.6) is 0 Å². The van der Waals surface area contributed by atoms with Crippen LogP contribution in [0.25, 0.3) is 0 Å². The van der Waals surface area contributed by atoms with E-state index in [1.807, 2.05) is 4.90 Å². The van der Waals surface area contributed by atoms with Gasteiger partial charge in [0.15, 0.2) is 0 Å². The van der Waals surface area contributed by atoms with E-state index in [1.54, 1.807) is 0 Å². The summed E-state index contributed by atoms with van der Waals surface area (Å²) in [7, 11) is 0. The Hall–Kier alpha value is -0.790. The Balaban J connectivity index is 2.59. The standard InChI is InChI=1S/C8H13NO/c1-4-7(10)9-6-5-8(9,2)3/h4H,1,5-6H2,2-3H3. The Morgan fingerprint density at radius 1 is 1.70 bits per heavy atom. The monoisotopic (exact) mass is 139 g/mol. The van der Waals surface area contributed by atoms with Gasteiger partial charge in [0.2, 0.25) is 5.91 Å². The number of carbonyl (C=O) groups excluding carboxylic acids is 1. The second kappa shape index (κ2) is 2.11. The quantitative estimate of drug-likeness (QED) is 0.499. The van der Waals surface area contributed by atoms with Crippen molar-refractivity contribution in [2.45, 2.75) is 25.8 Å². The largest absolute Gasteiger partial charge is 0.334 e. The lowest BCUT2D eigenvalue weighted by molar-refractivity contribution is -0.138. The van der Waals surface area contributed by atoms with E-state index < -0.39 is 0 Å². The van der Waals surface area contributed by atoms with Crippen LogP contribution in [0.3, 0.4) is 0 Å². The van der Waals surface area contributed by atoms with E-state index in [9.17, 15) is 4.79 Å². The van der Waals surface area contributed by atoms with Gasteiger partial charge >= 0.3 is 0 Å². The molecule has 0 unspecified atom stereocenters. The highest BCUT2D eigenvalue weighted by atomic mass is 16.2. The number of rotatable bonds is 1. The fourth-order valence-corrected chi connectivity index (χ4v) is 1.19. The van der Waals surface area contributed by atoms with Crippen molar-refractivity contribution < 1.29 is 4.79 Å². The minimum Gasteiger partial charge on any atom is -0.334 e. The molecule has 1 aliphatic rings. The van der Waals surface area contributed by atoms with Gasteiger partial charge in [-0.05, 0) is 26.3 Å². The Labute approximate surface area is 61.5 Å². The average molecular weight is 139 g/mol. The molecule has 56 valence electrons. The summed E-state index contributed by atoms with van der Waals surface area (Å²) in [4.78, 5) is 12.9. The molecule has 10 heavy (non-hydrogen) atoms.